The summed E-state index contributed by atoms with van der Waals surface area (Å²) < 4.78 is 11.3. The predicted octanol–water partition coefficient (Wildman–Crippen LogP) is 4.87. The van der Waals surface area contributed by atoms with Crippen LogP contribution >= 0.6 is 11.8 Å². The highest BCUT2D eigenvalue weighted by atomic mass is 32.2. The highest BCUT2D eigenvalue weighted by Gasteiger charge is 2.41. The van der Waals surface area contributed by atoms with E-state index in [4.69, 9.17) is 9.47 Å². The van der Waals surface area contributed by atoms with Crippen LogP contribution in [0.25, 0.3) is 0 Å². The van der Waals surface area contributed by atoms with Crippen molar-refractivity contribution in [2.75, 3.05) is 12.4 Å². The molecule has 0 N–H and O–H groups in total. The van der Waals surface area contributed by atoms with E-state index in [1.54, 1.807) is 11.8 Å². The van der Waals surface area contributed by atoms with E-state index < -0.39 is 12.0 Å². The molecule has 2 aromatic rings. The Labute approximate surface area is 192 Å². The minimum atomic E-state index is -0.560. The Morgan fingerprint density at radius 3 is 2.62 bits per heavy atom. The molecule has 2 aliphatic heterocycles. The molecule has 0 unspecified atom stereocenters. The van der Waals surface area contributed by atoms with Crippen LogP contribution in [0.3, 0.4) is 0 Å². The third kappa shape index (κ3) is 4.72. The van der Waals surface area contributed by atoms with Gasteiger partial charge in [-0.2, -0.15) is 0 Å². The van der Waals surface area contributed by atoms with Gasteiger partial charge >= 0.3 is 5.97 Å². The first-order chi connectivity index (χ1) is 15.6. The summed E-state index contributed by atoms with van der Waals surface area (Å²) in [6.07, 6.45) is 1.14. The second kappa shape index (κ2) is 10.0. The zero-order valence-corrected chi connectivity index (χ0v) is 19.1. The van der Waals surface area contributed by atoms with Crippen molar-refractivity contribution in [2.24, 2.45) is 4.99 Å². The second-order valence-corrected chi connectivity index (χ2v) is 8.70. The number of benzene rings is 2. The van der Waals surface area contributed by atoms with E-state index in [-0.39, 0.29) is 5.91 Å². The summed E-state index contributed by atoms with van der Waals surface area (Å²) in [5, 5.41) is 0.639. The SMILES string of the molecule is CCCOC(=O)C1=C(C)N=C2SCCC(=O)N2[C@@H]1c1ccc(OCc2ccccc2)cc1. The average Bonchev–Trinajstić information content (AvgIpc) is 2.81. The Morgan fingerprint density at radius 2 is 1.91 bits per heavy atom. The van der Waals surface area contributed by atoms with Gasteiger partial charge < -0.3 is 9.47 Å². The molecular formula is C25H26N2O4S. The fourth-order valence-corrected chi connectivity index (χ4v) is 4.74. The van der Waals surface area contributed by atoms with Gasteiger partial charge in [0.05, 0.1) is 23.9 Å². The highest BCUT2D eigenvalue weighted by molar-refractivity contribution is 8.14. The number of nitrogens with zero attached hydrogens (tertiary/aromatic N) is 2. The number of hydrogen-bond donors (Lipinski definition) is 0. The van der Waals surface area contributed by atoms with Gasteiger partial charge in [0, 0.05) is 12.2 Å². The number of amidine groups is 1. The van der Waals surface area contributed by atoms with Crippen molar-refractivity contribution < 1.29 is 19.1 Å². The van der Waals surface area contributed by atoms with E-state index in [1.807, 2.05) is 61.5 Å². The predicted molar refractivity (Wildman–Crippen MR) is 125 cm³/mol. The van der Waals surface area contributed by atoms with Crippen LogP contribution in [0.5, 0.6) is 5.75 Å². The maximum atomic E-state index is 12.9. The molecule has 0 aliphatic carbocycles. The molecule has 1 saturated heterocycles. The van der Waals surface area contributed by atoms with Crippen molar-refractivity contribution in [3.63, 3.8) is 0 Å². The third-order valence-electron chi connectivity index (χ3n) is 5.31. The van der Waals surface area contributed by atoms with Crippen LogP contribution < -0.4 is 4.74 Å². The molecule has 7 heteroatoms. The van der Waals surface area contributed by atoms with E-state index >= 15 is 0 Å². The number of ether oxygens (including phenoxy) is 2. The minimum absolute atomic E-state index is 0.0369. The normalized spacial score (nSPS) is 18.2. The maximum absolute atomic E-state index is 12.9. The fraction of sp³-hybridized carbons (Fsp3) is 0.320. The van der Waals surface area contributed by atoms with Gasteiger partial charge in [-0.05, 0) is 36.6 Å². The lowest BCUT2D eigenvalue weighted by Crippen LogP contribution is -2.45. The number of amides is 1. The number of hydrogen-bond acceptors (Lipinski definition) is 6. The summed E-state index contributed by atoms with van der Waals surface area (Å²) >= 11 is 1.54. The number of aliphatic imine (C=N–C) groups is 1. The first-order valence-electron chi connectivity index (χ1n) is 10.8. The summed E-state index contributed by atoms with van der Waals surface area (Å²) in [4.78, 5) is 32.0. The molecule has 4 rings (SSSR count). The molecule has 1 amide bonds. The van der Waals surface area contributed by atoms with Crippen LogP contribution in [0.2, 0.25) is 0 Å². The van der Waals surface area contributed by atoms with Crippen molar-refractivity contribution in [1.82, 2.24) is 4.90 Å². The number of esters is 1. The summed E-state index contributed by atoms with van der Waals surface area (Å²) in [5.74, 6) is 0.948. The molecule has 1 atom stereocenters. The van der Waals surface area contributed by atoms with Crippen molar-refractivity contribution in [2.45, 2.75) is 39.3 Å². The standard InChI is InChI=1S/C25H26N2O4S/c1-3-14-30-24(29)22-17(2)26-25-27(21(28)13-15-32-25)23(22)19-9-11-20(12-10-19)31-16-18-7-5-4-6-8-18/h4-12,23H,3,13-16H2,1-2H3/t23-/m1/s1. The highest BCUT2D eigenvalue weighted by Crippen LogP contribution is 2.40. The zero-order valence-electron chi connectivity index (χ0n) is 18.2. The van der Waals surface area contributed by atoms with Crippen molar-refractivity contribution in [3.8, 4) is 5.75 Å². The van der Waals surface area contributed by atoms with Crippen molar-refractivity contribution in [3.05, 3.63) is 77.0 Å². The molecule has 0 radical (unpaired) electrons. The number of fused-ring (bicyclic) bond motifs is 1. The smallest absolute Gasteiger partial charge is 0.338 e. The lowest BCUT2D eigenvalue weighted by atomic mass is 9.94. The Hall–Kier alpha value is -3.06. The molecular weight excluding hydrogens is 424 g/mol. The summed E-state index contributed by atoms with van der Waals surface area (Å²) in [5.41, 5.74) is 2.91. The molecule has 2 aromatic carbocycles. The van der Waals surface area contributed by atoms with E-state index in [9.17, 15) is 9.59 Å². The number of rotatable bonds is 7. The van der Waals surface area contributed by atoms with Gasteiger partial charge in [-0.15, -0.1) is 0 Å². The maximum Gasteiger partial charge on any atom is 0.338 e. The molecule has 2 aliphatic rings. The molecule has 166 valence electrons. The molecule has 0 spiro atoms. The Morgan fingerprint density at radius 1 is 1.16 bits per heavy atom. The molecule has 2 heterocycles. The van der Waals surface area contributed by atoms with Gasteiger partial charge in [0.2, 0.25) is 5.91 Å². The van der Waals surface area contributed by atoms with Crippen LogP contribution in [0.4, 0.5) is 0 Å². The fourth-order valence-electron chi connectivity index (χ4n) is 3.73. The third-order valence-corrected chi connectivity index (χ3v) is 6.26. The number of allylic oxidation sites excluding steroid dienone is 1. The van der Waals surface area contributed by atoms with E-state index in [0.29, 0.717) is 41.8 Å². The minimum Gasteiger partial charge on any atom is -0.489 e. The average molecular weight is 451 g/mol. The molecule has 0 saturated carbocycles. The first kappa shape index (κ1) is 22.1. The van der Waals surface area contributed by atoms with E-state index in [1.165, 1.54) is 11.8 Å². The number of carbonyl (C=O) groups excluding carboxylic acids is 2. The van der Waals surface area contributed by atoms with Crippen LogP contribution in [0.1, 0.15) is 43.9 Å². The molecule has 0 bridgehead atoms. The van der Waals surface area contributed by atoms with Crippen molar-refractivity contribution >= 4 is 28.8 Å². The molecule has 6 nitrogen and oxygen atoms in total. The van der Waals surface area contributed by atoms with Gasteiger partial charge in [-0.1, -0.05) is 61.2 Å². The largest absolute Gasteiger partial charge is 0.489 e. The van der Waals surface area contributed by atoms with E-state index in [0.717, 1.165) is 23.3 Å². The van der Waals surface area contributed by atoms with Crippen LogP contribution in [-0.4, -0.2) is 34.3 Å². The molecule has 1 fully saturated rings. The van der Waals surface area contributed by atoms with Gasteiger partial charge in [0.1, 0.15) is 12.4 Å². The lowest BCUT2D eigenvalue weighted by Gasteiger charge is -2.38. The Balaban J connectivity index is 1.62. The zero-order chi connectivity index (χ0) is 22.5. The first-order valence-corrected chi connectivity index (χ1v) is 11.7. The van der Waals surface area contributed by atoms with Gasteiger partial charge in [0.15, 0.2) is 5.17 Å². The van der Waals surface area contributed by atoms with E-state index in [2.05, 4.69) is 4.99 Å². The summed E-state index contributed by atoms with van der Waals surface area (Å²) in [7, 11) is 0. The number of carbonyl (C=O) groups is 2. The summed E-state index contributed by atoms with van der Waals surface area (Å²) in [6, 6.07) is 16.9. The van der Waals surface area contributed by atoms with Gasteiger partial charge in [-0.3, -0.25) is 9.69 Å². The monoisotopic (exact) mass is 450 g/mol. The van der Waals surface area contributed by atoms with Crippen LogP contribution in [0.15, 0.2) is 70.9 Å². The topological polar surface area (TPSA) is 68.2 Å². The second-order valence-electron chi connectivity index (χ2n) is 7.64. The summed E-state index contributed by atoms with van der Waals surface area (Å²) in [6.45, 7) is 4.54. The van der Waals surface area contributed by atoms with Crippen LogP contribution in [-0.2, 0) is 20.9 Å². The molecule has 0 aromatic heterocycles. The van der Waals surface area contributed by atoms with Crippen molar-refractivity contribution in [1.29, 1.82) is 0 Å². The van der Waals surface area contributed by atoms with Gasteiger partial charge in [-0.25, -0.2) is 9.79 Å². The quantitative estimate of drug-likeness (QED) is 0.563. The Bertz CT molecular complexity index is 1050. The lowest BCUT2D eigenvalue weighted by molar-refractivity contribution is -0.140. The number of thioether (sulfide) groups is 1. The van der Waals surface area contributed by atoms with Gasteiger partial charge in [0.25, 0.3) is 0 Å². The Kier molecular flexibility index (Phi) is 6.95. The van der Waals surface area contributed by atoms with Crippen LogP contribution in [0, 0.1) is 0 Å². The molecule has 32 heavy (non-hydrogen) atoms.